The van der Waals surface area contributed by atoms with Crippen LogP contribution >= 0.6 is 0 Å². The molecule has 6 nitrogen and oxygen atoms in total. The molecule has 144 valence electrons. The Morgan fingerprint density at radius 1 is 1.37 bits per heavy atom. The lowest BCUT2D eigenvalue weighted by atomic mass is 9.98. The van der Waals surface area contributed by atoms with Gasteiger partial charge in [-0.05, 0) is 44.7 Å². The number of methoxy groups -OCH3 is 1. The van der Waals surface area contributed by atoms with Crippen molar-refractivity contribution in [3.05, 3.63) is 42.0 Å². The second kappa shape index (κ2) is 7.72. The number of benzene rings is 1. The molecular weight excluding hydrogens is 342 g/mol. The van der Waals surface area contributed by atoms with Crippen LogP contribution in [0, 0.1) is 5.92 Å². The largest absolute Gasteiger partial charge is 0.496 e. The van der Waals surface area contributed by atoms with E-state index in [1.54, 1.807) is 13.3 Å². The zero-order chi connectivity index (χ0) is 18.8. The van der Waals surface area contributed by atoms with Crippen molar-refractivity contribution >= 4 is 11.6 Å². The molecule has 2 aliphatic rings. The first kappa shape index (κ1) is 18.0. The minimum absolute atomic E-state index is 0.138. The molecule has 1 aromatic carbocycles. The number of aryl methyl sites for hydroxylation is 1. The molecular formula is C21H27N3O3. The van der Waals surface area contributed by atoms with Gasteiger partial charge < -0.3 is 18.9 Å². The maximum Gasteiger partial charge on any atom is 0.233 e. The topological polar surface area (TPSA) is 56.6 Å². The first-order chi connectivity index (χ1) is 13.2. The highest BCUT2D eigenvalue weighted by atomic mass is 16.5. The molecule has 0 spiro atoms. The van der Waals surface area contributed by atoms with Crippen molar-refractivity contribution in [3.8, 4) is 5.75 Å². The van der Waals surface area contributed by atoms with Crippen molar-refractivity contribution in [2.75, 3.05) is 25.2 Å². The van der Waals surface area contributed by atoms with Crippen LogP contribution in [0.2, 0.25) is 0 Å². The van der Waals surface area contributed by atoms with Crippen LogP contribution in [0.15, 0.2) is 30.6 Å². The smallest absolute Gasteiger partial charge is 0.233 e. The number of aromatic nitrogens is 2. The number of carbonyl (C=O) groups is 1. The van der Waals surface area contributed by atoms with E-state index in [-0.39, 0.29) is 17.9 Å². The molecule has 1 aromatic heterocycles. The Labute approximate surface area is 160 Å². The van der Waals surface area contributed by atoms with Crippen molar-refractivity contribution in [1.82, 2.24) is 9.55 Å². The molecule has 1 amide bonds. The Bertz CT molecular complexity index is 817. The fourth-order valence-corrected chi connectivity index (χ4v) is 4.31. The third-order valence-electron chi connectivity index (χ3n) is 5.70. The van der Waals surface area contributed by atoms with E-state index in [9.17, 15) is 4.79 Å². The zero-order valence-electron chi connectivity index (χ0n) is 16.1. The molecule has 3 heterocycles. The molecule has 0 aliphatic carbocycles. The number of rotatable bonds is 4. The van der Waals surface area contributed by atoms with E-state index in [2.05, 4.69) is 16.5 Å². The van der Waals surface area contributed by atoms with Crippen LogP contribution in [0.3, 0.4) is 0 Å². The van der Waals surface area contributed by atoms with Gasteiger partial charge in [-0.2, -0.15) is 0 Å². The maximum atomic E-state index is 13.6. The summed E-state index contributed by atoms with van der Waals surface area (Å²) in [6, 6.07) is 5.99. The summed E-state index contributed by atoms with van der Waals surface area (Å²) in [5, 5.41) is 0. The average Bonchev–Trinajstić information content (AvgIpc) is 3.31. The Kier molecular flexibility index (Phi) is 5.16. The minimum Gasteiger partial charge on any atom is -0.496 e. The molecule has 0 radical (unpaired) electrons. The third kappa shape index (κ3) is 3.23. The molecule has 0 N–H and O–H groups in total. The first-order valence-corrected chi connectivity index (χ1v) is 9.84. The summed E-state index contributed by atoms with van der Waals surface area (Å²) in [4.78, 5) is 20.0. The zero-order valence-corrected chi connectivity index (χ0v) is 16.1. The van der Waals surface area contributed by atoms with Gasteiger partial charge in [-0.25, -0.2) is 4.98 Å². The molecule has 27 heavy (non-hydrogen) atoms. The molecule has 6 heteroatoms. The molecule has 1 saturated heterocycles. The van der Waals surface area contributed by atoms with Crippen LogP contribution < -0.4 is 9.64 Å². The fraction of sp³-hybridized carbons (Fsp3) is 0.524. The number of fused-ring (bicyclic) bond motifs is 1. The van der Waals surface area contributed by atoms with Gasteiger partial charge in [0.05, 0.1) is 18.7 Å². The normalized spacial score (nSPS) is 22.4. The second-order valence-electron chi connectivity index (χ2n) is 7.16. The number of hydrogen-bond donors (Lipinski definition) is 0. The van der Waals surface area contributed by atoms with Gasteiger partial charge in [0, 0.05) is 37.7 Å². The number of anilines is 1. The molecule has 0 unspecified atom stereocenters. The molecule has 2 aromatic rings. The number of carbonyl (C=O) groups excluding carboxylic acids is 1. The van der Waals surface area contributed by atoms with Crippen molar-refractivity contribution in [1.29, 1.82) is 0 Å². The van der Waals surface area contributed by atoms with E-state index >= 15 is 0 Å². The third-order valence-corrected chi connectivity index (χ3v) is 5.70. The van der Waals surface area contributed by atoms with Crippen LogP contribution in [0.25, 0.3) is 0 Å². The van der Waals surface area contributed by atoms with E-state index < -0.39 is 0 Å². The van der Waals surface area contributed by atoms with E-state index in [1.807, 2.05) is 29.3 Å². The predicted molar refractivity (Wildman–Crippen MR) is 103 cm³/mol. The lowest BCUT2D eigenvalue weighted by Gasteiger charge is -2.28. The van der Waals surface area contributed by atoms with E-state index in [4.69, 9.17) is 9.47 Å². The van der Waals surface area contributed by atoms with Gasteiger partial charge in [-0.15, -0.1) is 0 Å². The summed E-state index contributed by atoms with van der Waals surface area (Å²) in [7, 11) is 1.69. The lowest BCUT2D eigenvalue weighted by molar-refractivity contribution is -0.124. The van der Waals surface area contributed by atoms with Gasteiger partial charge in [-0.3, -0.25) is 4.79 Å². The average molecular weight is 369 g/mol. The van der Waals surface area contributed by atoms with Gasteiger partial charge in [0.1, 0.15) is 17.7 Å². The highest BCUT2D eigenvalue weighted by molar-refractivity contribution is 5.96. The van der Waals surface area contributed by atoms with Gasteiger partial charge in [-0.1, -0.05) is 6.07 Å². The number of ether oxygens (including phenoxy) is 2. The van der Waals surface area contributed by atoms with Crippen LogP contribution in [0.5, 0.6) is 5.75 Å². The quantitative estimate of drug-likeness (QED) is 0.829. The minimum atomic E-state index is -0.273. The fourth-order valence-electron chi connectivity index (χ4n) is 4.31. The number of hydrogen-bond acceptors (Lipinski definition) is 4. The molecule has 1 fully saturated rings. The summed E-state index contributed by atoms with van der Waals surface area (Å²) in [5.41, 5.74) is 2.12. The first-order valence-electron chi connectivity index (χ1n) is 9.84. The summed E-state index contributed by atoms with van der Waals surface area (Å²) in [6.45, 7) is 4.23. The van der Waals surface area contributed by atoms with Crippen LogP contribution in [-0.4, -0.2) is 35.7 Å². The van der Waals surface area contributed by atoms with E-state index in [0.717, 1.165) is 61.6 Å². The summed E-state index contributed by atoms with van der Waals surface area (Å²) in [6.07, 6.45) is 7.18. The summed E-state index contributed by atoms with van der Waals surface area (Å²) in [5.74, 6) is 1.66. The number of nitrogens with zero attached hydrogens (tertiary/aromatic N) is 3. The molecule has 4 rings (SSSR count). The second-order valence-corrected chi connectivity index (χ2v) is 7.16. The van der Waals surface area contributed by atoms with Crippen molar-refractivity contribution < 1.29 is 14.3 Å². The van der Waals surface area contributed by atoms with Crippen molar-refractivity contribution in [3.63, 3.8) is 0 Å². The highest BCUT2D eigenvalue weighted by Crippen LogP contribution is 2.39. The summed E-state index contributed by atoms with van der Waals surface area (Å²) < 4.78 is 13.6. The van der Waals surface area contributed by atoms with Crippen molar-refractivity contribution in [2.45, 2.75) is 45.3 Å². The van der Waals surface area contributed by atoms with E-state index in [0.29, 0.717) is 6.61 Å². The van der Waals surface area contributed by atoms with Crippen molar-refractivity contribution in [2.24, 2.45) is 5.92 Å². The Balaban J connectivity index is 1.66. The number of imidazole rings is 1. The van der Waals surface area contributed by atoms with Gasteiger partial charge in [0.25, 0.3) is 0 Å². The highest BCUT2D eigenvalue weighted by Gasteiger charge is 2.40. The SMILES string of the molecule is CCn1ccnc1[C@@H]1OCC[C@H]1C(=O)N1CCCCc2c(OC)cccc21. The molecule has 2 atom stereocenters. The maximum absolute atomic E-state index is 13.6. The standard InChI is InChI=1S/C21H27N3O3/c1-3-23-13-11-22-20(23)19-16(10-14-27-19)21(25)24-12-5-4-7-15-17(24)8-6-9-18(15)26-2/h6,8-9,11,13,16,19H,3-5,7,10,12,14H2,1-2H3/t16-,19-/m1/s1. The predicted octanol–water partition coefficient (Wildman–Crippen LogP) is 3.36. The summed E-state index contributed by atoms with van der Waals surface area (Å²) >= 11 is 0. The van der Waals surface area contributed by atoms with Gasteiger partial charge in [0.2, 0.25) is 5.91 Å². The molecule has 2 aliphatic heterocycles. The number of amides is 1. The Hall–Kier alpha value is -2.34. The molecule has 0 saturated carbocycles. The van der Waals surface area contributed by atoms with Crippen LogP contribution in [0.4, 0.5) is 5.69 Å². The van der Waals surface area contributed by atoms with E-state index in [1.165, 1.54) is 0 Å². The van der Waals surface area contributed by atoms with Gasteiger partial charge >= 0.3 is 0 Å². The molecule has 0 bridgehead atoms. The Morgan fingerprint density at radius 3 is 3.07 bits per heavy atom. The van der Waals surface area contributed by atoms with Gasteiger partial charge in [0.15, 0.2) is 0 Å². The monoisotopic (exact) mass is 369 g/mol. The Morgan fingerprint density at radius 2 is 2.26 bits per heavy atom. The van der Waals surface area contributed by atoms with Crippen LogP contribution in [-0.2, 0) is 22.5 Å². The van der Waals surface area contributed by atoms with Crippen LogP contribution in [0.1, 0.15) is 43.7 Å². The lowest BCUT2D eigenvalue weighted by Crippen LogP contribution is -2.38.